The Balaban J connectivity index is 0.000000306. The molecule has 0 aromatic heterocycles. The number of carboxylic acid groups (broad SMARTS) is 1. The molecule has 0 saturated carbocycles. The summed E-state index contributed by atoms with van der Waals surface area (Å²) in [6, 6.07) is 28.0. The van der Waals surface area contributed by atoms with Crippen LogP contribution in [0.2, 0.25) is 0 Å². The lowest BCUT2D eigenvalue weighted by atomic mass is 9.85. The van der Waals surface area contributed by atoms with E-state index in [1.54, 1.807) is 48.5 Å². The molecule has 0 fully saturated rings. The second-order valence-corrected chi connectivity index (χ2v) is 15.9. The largest absolute Gasteiger partial charge is 0.478 e. The normalized spacial score (nSPS) is 12.2. The van der Waals surface area contributed by atoms with Gasteiger partial charge < -0.3 is 19.3 Å². The molecule has 10 heteroatoms. The van der Waals surface area contributed by atoms with Crippen molar-refractivity contribution in [2.24, 2.45) is 11.8 Å². The minimum Gasteiger partial charge on any atom is -0.478 e. The van der Waals surface area contributed by atoms with Crippen LogP contribution < -0.4 is 0 Å². The van der Waals surface area contributed by atoms with Gasteiger partial charge in [-0.1, -0.05) is 114 Å². The number of aromatic carboxylic acids is 1. The molecule has 0 aliphatic carbocycles. The lowest BCUT2D eigenvalue weighted by Gasteiger charge is -2.19. The van der Waals surface area contributed by atoms with E-state index in [1.165, 1.54) is 33.5 Å². The average Bonchev–Trinajstić information content (AvgIpc) is 3.19. The van der Waals surface area contributed by atoms with E-state index in [-0.39, 0.29) is 40.8 Å². The fourth-order valence-electron chi connectivity index (χ4n) is 6.05. The van der Waals surface area contributed by atoms with E-state index in [9.17, 15) is 28.8 Å². The molecule has 0 unspecified atom stereocenters. The van der Waals surface area contributed by atoms with Gasteiger partial charge in [0.1, 0.15) is 0 Å². The molecule has 4 aromatic carbocycles. The number of rotatable bonds is 14. The third-order valence-corrected chi connectivity index (χ3v) is 9.62. The number of hydrogen-bond donors (Lipinski definition) is 1. The molecule has 0 spiro atoms. The molecule has 4 rings (SSSR count). The Morgan fingerprint density at radius 3 is 1.07 bits per heavy atom. The van der Waals surface area contributed by atoms with Crippen LogP contribution in [0.25, 0.3) is 0 Å². The van der Waals surface area contributed by atoms with Crippen molar-refractivity contribution in [1.29, 1.82) is 0 Å². The van der Waals surface area contributed by atoms with Gasteiger partial charge in [-0.15, -0.1) is 0 Å². The van der Waals surface area contributed by atoms with E-state index in [1.807, 2.05) is 36.4 Å². The summed E-state index contributed by atoms with van der Waals surface area (Å²) in [7, 11) is 3.94. The molecule has 0 saturated heterocycles. The third kappa shape index (κ3) is 13.7. The molecule has 0 aliphatic rings. The van der Waals surface area contributed by atoms with Crippen molar-refractivity contribution in [1.82, 2.24) is 0 Å². The van der Waals surface area contributed by atoms with Crippen molar-refractivity contribution < 1.29 is 48.1 Å². The van der Waals surface area contributed by atoms with E-state index in [0.717, 1.165) is 22.3 Å². The number of carbonyl (C=O) groups is 6. The number of methoxy groups -OCH3 is 3. The third-order valence-electron chi connectivity index (χ3n) is 9.62. The molecule has 4 aromatic rings. The summed E-state index contributed by atoms with van der Waals surface area (Å²) < 4.78 is 14.4. The zero-order valence-corrected chi connectivity index (χ0v) is 34.3. The van der Waals surface area contributed by atoms with Gasteiger partial charge in [0, 0.05) is 24.0 Å². The van der Waals surface area contributed by atoms with Crippen LogP contribution in [0.4, 0.5) is 0 Å². The van der Waals surface area contributed by atoms with Crippen molar-refractivity contribution in [2.45, 2.75) is 78.1 Å². The van der Waals surface area contributed by atoms with Crippen LogP contribution in [-0.4, -0.2) is 61.9 Å². The molecule has 0 heterocycles. The van der Waals surface area contributed by atoms with Crippen LogP contribution in [0.1, 0.15) is 118 Å². The standard InChI is InChI=1S/C24H28O5.C23H26O5/c1-24(2,3)20-12-10-17(11-13-20)21(25)15-19(23(27)29-5)14-16-6-8-18(9-7-16)22(26)28-4;1-23(2,3)19-11-9-16(10-12-19)20(24)14-18(22(27)28-4)13-15-5-7-17(8-6-15)21(25)26/h6-13,19H,14-15H2,1-5H3;5-12,18H,13-14H2,1-4H3,(H,25,26)/t19-;18-/m11/s1. The zero-order valence-electron chi connectivity index (χ0n) is 34.3. The van der Waals surface area contributed by atoms with Gasteiger partial charge in [0.25, 0.3) is 0 Å². The minimum absolute atomic E-state index is 0.00174. The van der Waals surface area contributed by atoms with Crippen molar-refractivity contribution in [3.63, 3.8) is 0 Å². The molecule has 0 radical (unpaired) electrons. The molecule has 0 bridgehead atoms. The van der Waals surface area contributed by atoms with Crippen LogP contribution in [0, 0.1) is 11.8 Å². The Labute approximate surface area is 335 Å². The number of carboxylic acids is 1. The Hall–Kier alpha value is -5.90. The maximum atomic E-state index is 12.7. The predicted molar refractivity (Wildman–Crippen MR) is 218 cm³/mol. The summed E-state index contributed by atoms with van der Waals surface area (Å²) in [6.45, 7) is 12.7. The average molecular weight is 779 g/mol. The highest BCUT2D eigenvalue weighted by Gasteiger charge is 2.26. The number of hydrogen-bond acceptors (Lipinski definition) is 9. The second-order valence-electron chi connectivity index (χ2n) is 15.9. The fourth-order valence-corrected chi connectivity index (χ4v) is 6.05. The van der Waals surface area contributed by atoms with Crippen LogP contribution in [-0.2, 0) is 47.5 Å². The SMILES string of the molecule is COC(=O)[C@@H](CC(=O)c1ccc(C(C)(C)C)cc1)Cc1ccc(C(=O)O)cc1.COC(=O)c1ccc(C[C@H](CC(=O)c2ccc(C(C)(C)C)cc2)C(=O)OC)cc1. The molecule has 57 heavy (non-hydrogen) atoms. The van der Waals surface area contributed by atoms with Crippen molar-refractivity contribution in [3.8, 4) is 0 Å². The van der Waals surface area contributed by atoms with Crippen LogP contribution >= 0.6 is 0 Å². The summed E-state index contributed by atoms with van der Waals surface area (Å²) in [5.41, 5.74) is 5.63. The maximum Gasteiger partial charge on any atom is 0.337 e. The van der Waals surface area contributed by atoms with E-state index < -0.39 is 35.7 Å². The van der Waals surface area contributed by atoms with E-state index in [0.29, 0.717) is 29.5 Å². The Kier molecular flexibility index (Phi) is 16.2. The first-order valence-electron chi connectivity index (χ1n) is 18.7. The molecule has 0 aliphatic heterocycles. The maximum absolute atomic E-state index is 12.7. The monoisotopic (exact) mass is 778 g/mol. The van der Waals surface area contributed by atoms with Crippen LogP contribution in [0.5, 0.6) is 0 Å². The van der Waals surface area contributed by atoms with Crippen LogP contribution in [0.15, 0.2) is 97.1 Å². The van der Waals surface area contributed by atoms with Gasteiger partial charge in [0.05, 0.1) is 44.3 Å². The summed E-state index contributed by atoms with van der Waals surface area (Å²) in [5.74, 6) is -3.78. The van der Waals surface area contributed by atoms with E-state index in [4.69, 9.17) is 14.6 Å². The summed E-state index contributed by atoms with van der Waals surface area (Å²) in [4.78, 5) is 72.3. The number of ether oxygens (including phenoxy) is 3. The van der Waals surface area contributed by atoms with E-state index >= 15 is 0 Å². The lowest BCUT2D eigenvalue weighted by Crippen LogP contribution is -2.22. The van der Waals surface area contributed by atoms with Gasteiger partial charge in [0.2, 0.25) is 0 Å². The van der Waals surface area contributed by atoms with Gasteiger partial charge in [-0.05, 0) is 70.2 Å². The van der Waals surface area contributed by atoms with Crippen molar-refractivity contribution in [3.05, 3.63) is 142 Å². The highest BCUT2D eigenvalue weighted by Crippen LogP contribution is 2.25. The first-order valence-corrected chi connectivity index (χ1v) is 18.7. The van der Waals surface area contributed by atoms with Crippen LogP contribution in [0.3, 0.4) is 0 Å². The van der Waals surface area contributed by atoms with Gasteiger partial charge in [0.15, 0.2) is 11.6 Å². The topological polar surface area (TPSA) is 150 Å². The molecular formula is C47H54O10. The molecule has 10 nitrogen and oxygen atoms in total. The first-order chi connectivity index (χ1) is 26.8. The van der Waals surface area contributed by atoms with E-state index in [2.05, 4.69) is 46.3 Å². The summed E-state index contributed by atoms with van der Waals surface area (Å²) >= 11 is 0. The smallest absolute Gasteiger partial charge is 0.337 e. The minimum atomic E-state index is -1.01. The number of ketones is 2. The van der Waals surface area contributed by atoms with Crippen molar-refractivity contribution >= 4 is 35.4 Å². The number of esters is 3. The van der Waals surface area contributed by atoms with Gasteiger partial charge in [-0.2, -0.15) is 0 Å². The predicted octanol–water partition coefficient (Wildman–Crippen LogP) is 8.66. The zero-order chi connectivity index (χ0) is 42.5. The second kappa shape index (κ2) is 20.3. The molecular weight excluding hydrogens is 725 g/mol. The lowest BCUT2D eigenvalue weighted by molar-refractivity contribution is -0.146. The molecule has 302 valence electrons. The van der Waals surface area contributed by atoms with Gasteiger partial charge in [-0.3, -0.25) is 19.2 Å². The summed E-state index contributed by atoms with van der Waals surface area (Å²) in [5, 5.41) is 8.98. The number of carbonyl (C=O) groups excluding carboxylic acids is 5. The Morgan fingerprint density at radius 2 is 0.789 bits per heavy atom. The Bertz CT molecular complexity index is 2000. The highest BCUT2D eigenvalue weighted by atomic mass is 16.5. The molecule has 2 atom stereocenters. The fraction of sp³-hybridized carbons (Fsp3) is 0.362. The number of benzene rings is 4. The quantitative estimate of drug-likeness (QED) is 0.0748. The highest BCUT2D eigenvalue weighted by molar-refractivity contribution is 5.99. The molecule has 0 amide bonds. The first kappa shape index (κ1) is 45.5. The van der Waals surface area contributed by atoms with Gasteiger partial charge >= 0.3 is 23.9 Å². The molecule has 1 N–H and O–H groups in total. The number of Topliss-reactive ketones (excluding diaryl/α,β-unsaturated/α-hetero) is 2. The summed E-state index contributed by atoms with van der Waals surface area (Å²) in [6.07, 6.45) is 0.737. The van der Waals surface area contributed by atoms with Gasteiger partial charge in [-0.25, -0.2) is 9.59 Å². The van der Waals surface area contributed by atoms with Crippen molar-refractivity contribution in [2.75, 3.05) is 21.3 Å². The Morgan fingerprint density at radius 1 is 0.474 bits per heavy atom.